The van der Waals surface area contributed by atoms with Gasteiger partial charge in [0.05, 0.1) is 0 Å². The van der Waals surface area contributed by atoms with Crippen LogP contribution in [0.25, 0.3) is 0 Å². The molecule has 4 nitrogen and oxygen atoms in total. The van der Waals surface area contributed by atoms with Gasteiger partial charge in [-0.05, 0) is 0 Å². The maximum absolute atomic E-state index is 9.59. The van der Waals surface area contributed by atoms with Gasteiger partial charge in [-0.25, -0.2) is 4.79 Å². The molecule has 0 saturated carbocycles. The molecule has 6 heteroatoms. The fraction of sp³-hybridized carbons (Fsp3) is 0. The van der Waals surface area contributed by atoms with E-state index in [0.29, 0.717) is 0 Å². The average Bonchev–Trinajstić information content (AvgIpc) is 1.33. The summed E-state index contributed by atoms with van der Waals surface area (Å²) in [6.45, 7) is 0. The van der Waals surface area contributed by atoms with Crippen molar-refractivity contribution in [1.82, 2.24) is 0 Å². The zero-order valence-corrected chi connectivity index (χ0v) is 10.8. The quantitative estimate of drug-likeness (QED) is 0.469. The van der Waals surface area contributed by atoms with E-state index in [9.17, 15) is 9.69 Å². The predicted octanol–water partition coefficient (Wildman–Crippen LogP) is -3.65. The molecule has 34 valence electrons. The van der Waals surface area contributed by atoms with E-state index in [1.54, 1.807) is 0 Å². The molecule has 0 aliphatic carbocycles. The Morgan fingerprint density at radius 1 is 1.57 bits per heavy atom. The molecule has 0 unspecified atom stereocenters. The third-order valence-corrected chi connectivity index (χ3v) is 0.894. The third-order valence-electron chi connectivity index (χ3n) is 0.298. The van der Waals surface area contributed by atoms with Crippen molar-refractivity contribution < 1.29 is 82.2 Å². The Bertz CT molecular complexity index is 156. The second-order valence-corrected chi connectivity index (χ2v) is 1.47. The van der Waals surface area contributed by atoms with Crippen LogP contribution in [0.4, 0.5) is 0 Å². The first kappa shape index (κ1) is 8.58. The number of rotatable bonds is 0. The molecule has 0 radical (unpaired) electrons. The first-order chi connectivity index (χ1) is 2.79. The number of hydrogen-bond acceptors (Lipinski definition) is 4. The van der Waals surface area contributed by atoms with Gasteiger partial charge in [-0.2, -0.15) is 0 Å². The van der Waals surface area contributed by atoms with Crippen LogP contribution in [0.5, 0.6) is 0 Å². The molecule has 1 rings (SSSR count). The van der Waals surface area contributed by atoms with Gasteiger partial charge in [-0.3, -0.25) is 0 Å². The molecule has 0 atom stereocenters. The van der Waals surface area contributed by atoms with Gasteiger partial charge < -0.3 is 13.3 Å². The van der Waals surface area contributed by atoms with Crippen molar-refractivity contribution >= 4 is 8.24 Å². The summed E-state index contributed by atoms with van der Waals surface area (Å²) < 4.78 is 7.57. The van der Waals surface area contributed by atoms with Crippen LogP contribution in [-0.4, -0.2) is 0 Å². The minimum atomic E-state index is -2.06. The smallest absolute Gasteiger partial charge is 0.750 e. The first-order valence-corrected chi connectivity index (χ1v) is 2.26. The van der Waals surface area contributed by atoms with Crippen molar-refractivity contribution in [3.8, 4) is 0 Å². The molecule has 0 aliphatic rings. The van der Waals surface area contributed by atoms with Crippen molar-refractivity contribution in [2.45, 2.75) is 0 Å². The van der Waals surface area contributed by atoms with Gasteiger partial charge in [0.1, 0.15) is 0 Å². The molecule has 0 amide bonds. The van der Waals surface area contributed by atoms with E-state index in [1.165, 1.54) is 0 Å². The van der Waals surface area contributed by atoms with Crippen LogP contribution < -0.4 is 79.6 Å². The summed E-state index contributed by atoms with van der Waals surface area (Å²) >= 11 is 0. The van der Waals surface area contributed by atoms with Crippen LogP contribution in [0.15, 0.2) is 13.2 Å². The SMILES string of the molecule is O=c1op([O-])o1.[Cs+]. The van der Waals surface area contributed by atoms with E-state index in [1.807, 2.05) is 0 Å². The van der Waals surface area contributed by atoms with E-state index in [-0.39, 0.29) is 68.9 Å². The van der Waals surface area contributed by atoms with E-state index in [2.05, 4.69) is 8.39 Å². The Morgan fingerprint density at radius 3 is 2.00 bits per heavy atom. The van der Waals surface area contributed by atoms with Gasteiger partial charge >= 0.3 is 74.7 Å². The molecule has 7 heavy (non-hydrogen) atoms. The Kier molecular flexibility index (Phi) is 4.39. The molecule has 1 aromatic heterocycles. The molecule has 0 N–H and O–H groups in total. The third kappa shape index (κ3) is 2.57. The maximum Gasteiger partial charge on any atom is 1.00 e. The van der Waals surface area contributed by atoms with Crippen molar-refractivity contribution in [1.29, 1.82) is 0 Å². The van der Waals surface area contributed by atoms with E-state index < -0.39 is 14.1 Å². The topological polar surface area (TPSA) is 66.4 Å². The largest absolute Gasteiger partial charge is 1.00 e. The Morgan fingerprint density at radius 2 is 2.00 bits per heavy atom. The van der Waals surface area contributed by atoms with Gasteiger partial charge in [0, 0.05) is 0 Å². The van der Waals surface area contributed by atoms with Gasteiger partial charge in [0.2, 0.25) is 0 Å². The molecule has 0 spiro atoms. The predicted molar refractivity (Wildman–Crippen MR) is 15.3 cm³/mol. The molecule has 0 aliphatic heterocycles. The van der Waals surface area contributed by atoms with Crippen LogP contribution >= 0.6 is 8.24 Å². The molecule has 0 bridgehead atoms. The van der Waals surface area contributed by atoms with Gasteiger partial charge in [-0.15, -0.1) is 0 Å². The van der Waals surface area contributed by atoms with Gasteiger partial charge in [0.15, 0.2) is 8.24 Å². The number of hydrogen-bond donors (Lipinski definition) is 0. The minimum absolute atomic E-state index is 0. The summed E-state index contributed by atoms with van der Waals surface area (Å²) in [7, 11) is -2.06. The van der Waals surface area contributed by atoms with Crippen LogP contribution in [0.3, 0.4) is 0 Å². The molecular weight excluding hydrogens is 240 g/mol. The summed E-state index contributed by atoms with van der Waals surface area (Å²) in [6.07, 6.45) is 0. The Hall–Kier alpha value is 1.58. The Balaban J connectivity index is 0.000000360. The van der Waals surface area contributed by atoms with E-state index >= 15 is 0 Å². The molecule has 0 aromatic carbocycles. The van der Waals surface area contributed by atoms with Crippen LogP contribution in [-0.2, 0) is 0 Å². The standard InChI is InChI=1S/CO4P.Cs/c2-1-4-6(3)5-1;/q-1;+1. The van der Waals surface area contributed by atoms with E-state index in [0.717, 1.165) is 0 Å². The summed E-state index contributed by atoms with van der Waals surface area (Å²) in [5.41, 5.74) is 0. The summed E-state index contributed by atoms with van der Waals surface area (Å²) in [4.78, 5) is 19.1. The van der Waals surface area contributed by atoms with Crippen molar-refractivity contribution in [2.24, 2.45) is 0 Å². The van der Waals surface area contributed by atoms with Crippen LogP contribution in [0, 0.1) is 0 Å². The van der Waals surface area contributed by atoms with Crippen LogP contribution in [0.1, 0.15) is 0 Å². The molecular formula is CCsO4P. The molecule has 1 aromatic rings. The summed E-state index contributed by atoms with van der Waals surface area (Å²) in [5, 5.41) is 0. The second-order valence-electron chi connectivity index (χ2n) is 0.656. The van der Waals surface area contributed by atoms with E-state index in [4.69, 9.17) is 0 Å². The molecule has 0 fully saturated rings. The fourth-order valence-corrected chi connectivity index (χ4v) is 0.386. The maximum atomic E-state index is 9.59. The van der Waals surface area contributed by atoms with Crippen molar-refractivity contribution in [3.63, 3.8) is 0 Å². The molecule has 0 saturated heterocycles. The van der Waals surface area contributed by atoms with Gasteiger partial charge in [-0.1, -0.05) is 0 Å². The van der Waals surface area contributed by atoms with Crippen molar-refractivity contribution in [2.75, 3.05) is 0 Å². The molecule has 1 heterocycles. The first-order valence-electron chi connectivity index (χ1n) is 1.16. The van der Waals surface area contributed by atoms with Crippen molar-refractivity contribution in [3.05, 3.63) is 10.6 Å². The fourth-order valence-electron chi connectivity index (χ4n) is 0.129. The van der Waals surface area contributed by atoms with Gasteiger partial charge in [0.25, 0.3) is 0 Å². The average molecular weight is 240 g/mol. The Labute approximate surface area is 98.6 Å². The normalized spacial score (nSPS) is 8.14. The summed E-state index contributed by atoms with van der Waals surface area (Å²) in [5.74, 6) is -0.851. The van der Waals surface area contributed by atoms with Crippen LogP contribution in [0.2, 0.25) is 0 Å². The monoisotopic (exact) mass is 240 g/mol. The second kappa shape index (κ2) is 3.58. The minimum Gasteiger partial charge on any atom is -0.750 e. The zero-order valence-electron chi connectivity index (χ0n) is 3.58. The summed E-state index contributed by atoms with van der Waals surface area (Å²) in [6, 6.07) is 0. The zero-order chi connectivity index (χ0) is 4.57.